The molecule has 0 spiro atoms. The summed E-state index contributed by atoms with van der Waals surface area (Å²) in [6.45, 7) is 3.34. The molecule has 1 atom stereocenters. The van der Waals surface area contributed by atoms with Gasteiger partial charge in [0.25, 0.3) is 0 Å². The second kappa shape index (κ2) is 8.32. The lowest BCUT2D eigenvalue weighted by Gasteiger charge is -2.20. The maximum absolute atomic E-state index is 14.6. The maximum Gasteiger partial charge on any atom is 0.235 e. The van der Waals surface area contributed by atoms with E-state index in [1.807, 2.05) is 42.2 Å². The van der Waals surface area contributed by atoms with E-state index in [2.05, 4.69) is 10.2 Å². The Hall–Kier alpha value is -2.74. The first-order chi connectivity index (χ1) is 14.0. The zero-order valence-corrected chi connectivity index (χ0v) is 16.7. The van der Waals surface area contributed by atoms with Crippen LogP contribution in [-0.2, 0) is 4.79 Å². The molecule has 0 N–H and O–H groups in total. The third kappa shape index (κ3) is 4.03. The fourth-order valence-corrected chi connectivity index (χ4v) is 4.35. The number of carbonyl (C=O) groups excluding carboxylic acids is 1. The van der Waals surface area contributed by atoms with Gasteiger partial charge in [0.15, 0.2) is 11.0 Å². The molecule has 0 radical (unpaired) electrons. The van der Waals surface area contributed by atoms with Gasteiger partial charge >= 0.3 is 0 Å². The lowest BCUT2D eigenvalue weighted by molar-refractivity contribution is -0.129. The van der Waals surface area contributed by atoms with Crippen LogP contribution in [0.15, 0.2) is 53.7 Å². The summed E-state index contributed by atoms with van der Waals surface area (Å²) in [5.41, 5.74) is 0.882. The molecule has 1 aromatic heterocycles. The normalized spacial score (nSPS) is 14.9. The first kappa shape index (κ1) is 19.6. The Morgan fingerprint density at radius 2 is 1.79 bits per heavy atom. The Labute approximate surface area is 171 Å². The highest BCUT2D eigenvalue weighted by atomic mass is 32.2. The number of amides is 1. The molecule has 2 heterocycles. The van der Waals surface area contributed by atoms with E-state index >= 15 is 0 Å². The molecule has 1 aliphatic heterocycles. The van der Waals surface area contributed by atoms with E-state index in [0.29, 0.717) is 11.0 Å². The predicted molar refractivity (Wildman–Crippen MR) is 108 cm³/mol. The number of halogens is 2. The quantitative estimate of drug-likeness (QED) is 0.584. The summed E-state index contributed by atoms with van der Waals surface area (Å²) in [5.74, 6) is -0.919. The van der Waals surface area contributed by atoms with Crippen molar-refractivity contribution in [2.24, 2.45) is 0 Å². The molecular formula is C21H20F2N4OS. The Morgan fingerprint density at radius 1 is 1.07 bits per heavy atom. The van der Waals surface area contributed by atoms with Crippen LogP contribution in [0.1, 0.15) is 19.8 Å². The predicted octanol–water partition coefficient (Wildman–Crippen LogP) is 4.32. The van der Waals surface area contributed by atoms with Gasteiger partial charge in [-0.15, -0.1) is 10.2 Å². The third-order valence-electron chi connectivity index (χ3n) is 4.86. The van der Waals surface area contributed by atoms with Crippen LogP contribution in [0.5, 0.6) is 0 Å². The number of carbonyl (C=O) groups is 1. The molecule has 150 valence electrons. The molecule has 2 aromatic carbocycles. The first-order valence-electron chi connectivity index (χ1n) is 9.46. The fourth-order valence-electron chi connectivity index (χ4n) is 3.40. The highest BCUT2D eigenvalue weighted by Gasteiger charge is 2.27. The van der Waals surface area contributed by atoms with E-state index in [1.165, 1.54) is 23.9 Å². The van der Waals surface area contributed by atoms with Crippen LogP contribution in [0, 0.1) is 11.6 Å². The number of nitrogens with zero attached hydrogens (tertiary/aromatic N) is 4. The van der Waals surface area contributed by atoms with Crippen LogP contribution in [0.25, 0.3) is 17.1 Å². The molecule has 8 heteroatoms. The van der Waals surface area contributed by atoms with Crippen molar-refractivity contribution in [3.05, 3.63) is 60.2 Å². The summed E-state index contributed by atoms with van der Waals surface area (Å²) in [5, 5.41) is 8.45. The summed E-state index contributed by atoms with van der Waals surface area (Å²) < 4.78 is 29.6. The van der Waals surface area contributed by atoms with Gasteiger partial charge in [0, 0.05) is 24.7 Å². The van der Waals surface area contributed by atoms with Gasteiger partial charge in [-0.25, -0.2) is 8.78 Å². The minimum atomic E-state index is -0.720. The van der Waals surface area contributed by atoms with Crippen molar-refractivity contribution in [3.8, 4) is 17.1 Å². The van der Waals surface area contributed by atoms with E-state index in [0.717, 1.165) is 37.6 Å². The molecule has 1 aliphatic rings. The summed E-state index contributed by atoms with van der Waals surface area (Å²) in [6.07, 6.45) is 2.02. The number of aromatic nitrogens is 3. The molecule has 4 rings (SSSR count). The number of benzene rings is 2. The van der Waals surface area contributed by atoms with Gasteiger partial charge in [0.05, 0.1) is 10.9 Å². The number of likely N-dealkylation sites (tertiary alicyclic amines) is 1. The smallest absolute Gasteiger partial charge is 0.235 e. The van der Waals surface area contributed by atoms with Gasteiger partial charge in [0.2, 0.25) is 5.91 Å². The second-order valence-electron chi connectivity index (χ2n) is 6.90. The molecule has 29 heavy (non-hydrogen) atoms. The molecule has 3 aromatic rings. The van der Waals surface area contributed by atoms with Gasteiger partial charge < -0.3 is 4.90 Å². The molecule has 0 aliphatic carbocycles. The largest absolute Gasteiger partial charge is 0.342 e. The molecular weight excluding hydrogens is 394 g/mol. The van der Waals surface area contributed by atoms with E-state index < -0.39 is 16.9 Å². The van der Waals surface area contributed by atoms with Gasteiger partial charge in [-0.2, -0.15) is 0 Å². The number of rotatable bonds is 5. The van der Waals surface area contributed by atoms with Gasteiger partial charge in [0.1, 0.15) is 11.6 Å². The van der Waals surface area contributed by atoms with E-state index in [4.69, 9.17) is 0 Å². The van der Waals surface area contributed by atoms with Crippen LogP contribution in [0.4, 0.5) is 8.78 Å². The lowest BCUT2D eigenvalue weighted by atomic mass is 10.2. The van der Waals surface area contributed by atoms with E-state index in [-0.39, 0.29) is 11.6 Å². The molecule has 0 bridgehead atoms. The third-order valence-corrected chi connectivity index (χ3v) is 5.89. The average Bonchev–Trinajstić information content (AvgIpc) is 3.39. The SMILES string of the molecule is C[C@H](Sc1nnc(-c2ccccc2)n1-c1ccc(F)cc1F)C(=O)N1CCCC1. The average molecular weight is 414 g/mol. The Morgan fingerprint density at radius 3 is 2.48 bits per heavy atom. The van der Waals surface area contributed by atoms with Crippen molar-refractivity contribution in [1.82, 2.24) is 19.7 Å². The van der Waals surface area contributed by atoms with Crippen LogP contribution >= 0.6 is 11.8 Å². The van der Waals surface area contributed by atoms with Crippen molar-refractivity contribution in [2.75, 3.05) is 13.1 Å². The zero-order chi connectivity index (χ0) is 20.4. The second-order valence-corrected chi connectivity index (χ2v) is 8.20. The van der Waals surface area contributed by atoms with Gasteiger partial charge in [-0.3, -0.25) is 9.36 Å². The minimum absolute atomic E-state index is 0.0305. The fraction of sp³-hybridized carbons (Fsp3) is 0.286. The molecule has 1 amide bonds. The monoisotopic (exact) mass is 414 g/mol. The Kier molecular flexibility index (Phi) is 5.62. The highest BCUT2D eigenvalue weighted by molar-refractivity contribution is 8.00. The van der Waals surface area contributed by atoms with E-state index in [1.54, 1.807) is 4.57 Å². The highest BCUT2D eigenvalue weighted by Crippen LogP contribution is 2.32. The van der Waals surface area contributed by atoms with Crippen LogP contribution < -0.4 is 0 Å². The minimum Gasteiger partial charge on any atom is -0.342 e. The summed E-state index contributed by atoms with van der Waals surface area (Å²) in [6, 6.07) is 12.6. The Bertz CT molecular complexity index is 1020. The summed E-state index contributed by atoms with van der Waals surface area (Å²) in [4.78, 5) is 14.6. The van der Waals surface area contributed by atoms with Crippen LogP contribution in [0.3, 0.4) is 0 Å². The molecule has 5 nitrogen and oxygen atoms in total. The zero-order valence-electron chi connectivity index (χ0n) is 15.9. The van der Waals surface area contributed by atoms with Crippen molar-refractivity contribution in [2.45, 2.75) is 30.2 Å². The molecule has 0 unspecified atom stereocenters. The first-order valence-corrected chi connectivity index (χ1v) is 10.3. The summed E-state index contributed by atoms with van der Waals surface area (Å²) in [7, 11) is 0. The molecule has 1 saturated heterocycles. The standard InChI is InChI=1S/C21H20F2N4OS/c1-14(20(28)26-11-5-6-12-26)29-21-25-24-19(15-7-3-2-4-8-15)27(21)18-10-9-16(22)13-17(18)23/h2-4,7-10,13-14H,5-6,11-12H2,1H3/t14-/m0/s1. The maximum atomic E-state index is 14.6. The van der Waals surface area contributed by atoms with Gasteiger partial charge in [-0.1, -0.05) is 42.1 Å². The van der Waals surface area contributed by atoms with E-state index in [9.17, 15) is 13.6 Å². The van der Waals surface area contributed by atoms with Crippen molar-refractivity contribution in [1.29, 1.82) is 0 Å². The lowest BCUT2D eigenvalue weighted by Crippen LogP contribution is -2.34. The number of hydrogen-bond donors (Lipinski definition) is 0. The van der Waals surface area contributed by atoms with Crippen molar-refractivity contribution >= 4 is 17.7 Å². The topological polar surface area (TPSA) is 51.0 Å². The summed E-state index contributed by atoms with van der Waals surface area (Å²) >= 11 is 1.23. The molecule has 0 saturated carbocycles. The van der Waals surface area contributed by atoms with Crippen LogP contribution in [0.2, 0.25) is 0 Å². The van der Waals surface area contributed by atoms with Crippen molar-refractivity contribution < 1.29 is 13.6 Å². The van der Waals surface area contributed by atoms with Crippen molar-refractivity contribution in [3.63, 3.8) is 0 Å². The van der Waals surface area contributed by atoms with Gasteiger partial charge in [-0.05, 0) is 31.9 Å². The Balaban J connectivity index is 1.74. The number of thioether (sulfide) groups is 1. The van der Waals surface area contributed by atoms with Crippen LogP contribution in [-0.4, -0.2) is 43.9 Å². The molecule has 1 fully saturated rings. The number of hydrogen-bond acceptors (Lipinski definition) is 4.